The Bertz CT molecular complexity index is 820. The molecule has 1 N–H and O–H groups in total. The Labute approximate surface area is 169 Å². The molecule has 3 atom stereocenters. The summed E-state index contributed by atoms with van der Waals surface area (Å²) in [7, 11) is 0. The number of halogens is 1. The third-order valence-corrected chi connectivity index (χ3v) is 6.37. The Balaban J connectivity index is 1.57. The highest BCUT2D eigenvalue weighted by atomic mass is 79.9. The molecule has 4 nitrogen and oxygen atoms in total. The first-order chi connectivity index (χ1) is 12.9. The van der Waals surface area contributed by atoms with Crippen molar-refractivity contribution in [1.82, 2.24) is 10.2 Å². The lowest BCUT2D eigenvalue weighted by Crippen LogP contribution is -2.59. The van der Waals surface area contributed by atoms with E-state index in [2.05, 4.69) is 59.4 Å². The van der Waals surface area contributed by atoms with Gasteiger partial charge in [0.1, 0.15) is 0 Å². The van der Waals surface area contributed by atoms with Gasteiger partial charge in [0.25, 0.3) is 0 Å². The van der Waals surface area contributed by atoms with Crippen molar-refractivity contribution in [2.75, 3.05) is 13.2 Å². The Morgan fingerprint density at radius 2 is 1.85 bits per heavy atom. The van der Waals surface area contributed by atoms with Gasteiger partial charge in [-0.2, -0.15) is 0 Å². The van der Waals surface area contributed by atoms with E-state index in [0.717, 1.165) is 35.0 Å². The van der Waals surface area contributed by atoms with Crippen molar-refractivity contribution in [2.45, 2.75) is 43.9 Å². The Morgan fingerprint density at radius 1 is 1.19 bits per heavy atom. The number of nitrogens with zero attached hydrogens (tertiary/aromatic N) is 1. The SMILES string of the molecule is CC(c1ccc(Br)cc1)N1CC[C@](C[C@@]2(C)CO2)(c2ccccc2)NC1=O. The van der Waals surface area contributed by atoms with Crippen molar-refractivity contribution in [2.24, 2.45) is 0 Å². The van der Waals surface area contributed by atoms with E-state index in [1.54, 1.807) is 0 Å². The van der Waals surface area contributed by atoms with Crippen LogP contribution in [0.5, 0.6) is 0 Å². The smallest absolute Gasteiger partial charge is 0.318 e. The molecule has 1 unspecified atom stereocenters. The van der Waals surface area contributed by atoms with Gasteiger partial charge < -0.3 is 15.0 Å². The molecular formula is C22H25BrN2O2. The lowest BCUT2D eigenvalue weighted by molar-refractivity contribution is 0.108. The summed E-state index contributed by atoms with van der Waals surface area (Å²) < 4.78 is 6.71. The van der Waals surface area contributed by atoms with E-state index in [9.17, 15) is 4.79 Å². The zero-order valence-electron chi connectivity index (χ0n) is 15.7. The van der Waals surface area contributed by atoms with Crippen LogP contribution in [0, 0.1) is 0 Å². The van der Waals surface area contributed by atoms with Crippen molar-refractivity contribution in [3.8, 4) is 0 Å². The topological polar surface area (TPSA) is 44.9 Å². The summed E-state index contributed by atoms with van der Waals surface area (Å²) in [5.41, 5.74) is 1.78. The summed E-state index contributed by atoms with van der Waals surface area (Å²) in [6.45, 7) is 5.69. The molecule has 0 aromatic heterocycles. The summed E-state index contributed by atoms with van der Waals surface area (Å²) in [4.78, 5) is 15.1. The summed E-state index contributed by atoms with van der Waals surface area (Å²) in [6.07, 6.45) is 1.67. The summed E-state index contributed by atoms with van der Waals surface area (Å²) in [5.74, 6) is 0. The first-order valence-corrected chi connectivity index (χ1v) is 10.2. The number of ether oxygens (including phenoxy) is 1. The van der Waals surface area contributed by atoms with Crippen molar-refractivity contribution in [1.29, 1.82) is 0 Å². The molecule has 0 bridgehead atoms. The third kappa shape index (κ3) is 3.76. The Hall–Kier alpha value is -1.85. The summed E-state index contributed by atoms with van der Waals surface area (Å²) in [6, 6.07) is 18.5. The Morgan fingerprint density at radius 3 is 2.44 bits per heavy atom. The number of benzene rings is 2. The van der Waals surface area contributed by atoms with Gasteiger partial charge in [-0.25, -0.2) is 4.79 Å². The quantitative estimate of drug-likeness (QED) is 0.680. The number of carbonyl (C=O) groups is 1. The van der Waals surface area contributed by atoms with Gasteiger partial charge in [0.2, 0.25) is 0 Å². The number of hydrogen-bond donors (Lipinski definition) is 1. The van der Waals surface area contributed by atoms with Crippen LogP contribution >= 0.6 is 15.9 Å². The highest BCUT2D eigenvalue weighted by molar-refractivity contribution is 9.10. The van der Waals surface area contributed by atoms with Gasteiger partial charge in [-0.15, -0.1) is 0 Å². The van der Waals surface area contributed by atoms with Crippen LogP contribution in [0.1, 0.15) is 43.9 Å². The number of epoxide rings is 1. The highest BCUT2D eigenvalue weighted by Crippen LogP contribution is 2.43. The van der Waals surface area contributed by atoms with Crippen LogP contribution in [-0.2, 0) is 10.3 Å². The molecule has 0 aliphatic carbocycles. The van der Waals surface area contributed by atoms with Gasteiger partial charge in [0.15, 0.2) is 0 Å². The largest absolute Gasteiger partial charge is 0.370 e. The van der Waals surface area contributed by atoms with Gasteiger partial charge in [-0.05, 0) is 43.5 Å². The molecule has 2 amide bonds. The zero-order chi connectivity index (χ0) is 19.1. The van der Waals surface area contributed by atoms with E-state index in [0.29, 0.717) is 6.54 Å². The molecule has 0 radical (unpaired) electrons. The van der Waals surface area contributed by atoms with Crippen LogP contribution in [0.4, 0.5) is 4.79 Å². The minimum absolute atomic E-state index is 0.00947. The van der Waals surface area contributed by atoms with Gasteiger partial charge in [0, 0.05) is 17.4 Å². The van der Waals surface area contributed by atoms with E-state index >= 15 is 0 Å². The molecule has 5 heteroatoms. The number of nitrogens with one attached hydrogen (secondary N) is 1. The predicted octanol–water partition coefficient (Wildman–Crippen LogP) is 5.00. The standard InChI is InChI=1S/C22H25BrN2O2/c1-16(17-8-10-19(23)11-9-17)25-13-12-22(24-20(25)26,14-21(2)15-27-21)18-6-4-3-5-7-18/h3-11,16H,12-15H2,1-2H3,(H,24,26)/t16?,21-,22-/m0/s1. The molecule has 2 saturated heterocycles. The average Bonchev–Trinajstić information content (AvgIpc) is 3.39. The third-order valence-electron chi connectivity index (χ3n) is 5.85. The lowest BCUT2D eigenvalue weighted by atomic mass is 9.78. The van der Waals surface area contributed by atoms with Gasteiger partial charge in [-0.3, -0.25) is 0 Å². The molecule has 0 spiro atoms. The maximum atomic E-state index is 13.1. The average molecular weight is 429 g/mol. The van der Waals surface area contributed by atoms with Crippen LogP contribution in [-0.4, -0.2) is 29.7 Å². The maximum Gasteiger partial charge on any atom is 0.318 e. The van der Waals surface area contributed by atoms with E-state index in [1.165, 1.54) is 0 Å². The fourth-order valence-electron chi connectivity index (χ4n) is 4.11. The van der Waals surface area contributed by atoms with E-state index < -0.39 is 0 Å². The molecule has 2 aromatic carbocycles. The normalized spacial score (nSPS) is 28.6. The van der Waals surface area contributed by atoms with Gasteiger partial charge in [0.05, 0.1) is 23.8 Å². The van der Waals surface area contributed by atoms with Crippen LogP contribution in [0.3, 0.4) is 0 Å². The van der Waals surface area contributed by atoms with Crippen LogP contribution in [0.2, 0.25) is 0 Å². The van der Waals surface area contributed by atoms with Gasteiger partial charge in [-0.1, -0.05) is 58.4 Å². The molecule has 2 aliphatic heterocycles. The fraction of sp³-hybridized carbons (Fsp3) is 0.409. The second-order valence-electron chi connectivity index (χ2n) is 7.96. The Kier molecular flexibility index (Phi) is 4.77. The monoisotopic (exact) mass is 428 g/mol. The van der Waals surface area contributed by atoms with Crippen molar-refractivity contribution in [3.05, 3.63) is 70.2 Å². The first-order valence-electron chi connectivity index (χ1n) is 9.45. The molecule has 2 aliphatic rings. The lowest BCUT2D eigenvalue weighted by Gasteiger charge is -2.45. The fourth-order valence-corrected chi connectivity index (χ4v) is 4.38. The van der Waals surface area contributed by atoms with Crippen LogP contribution in [0.15, 0.2) is 59.1 Å². The van der Waals surface area contributed by atoms with Crippen LogP contribution in [0.25, 0.3) is 0 Å². The number of hydrogen-bond acceptors (Lipinski definition) is 2. The molecule has 2 aromatic rings. The maximum absolute atomic E-state index is 13.1. The van der Waals surface area contributed by atoms with Crippen molar-refractivity contribution < 1.29 is 9.53 Å². The molecule has 2 heterocycles. The molecular weight excluding hydrogens is 404 g/mol. The van der Waals surface area contributed by atoms with Crippen molar-refractivity contribution >= 4 is 22.0 Å². The summed E-state index contributed by atoms with van der Waals surface area (Å²) >= 11 is 3.47. The van der Waals surface area contributed by atoms with Crippen LogP contribution < -0.4 is 5.32 Å². The zero-order valence-corrected chi connectivity index (χ0v) is 17.3. The number of urea groups is 1. The molecule has 4 rings (SSSR count). The molecule has 27 heavy (non-hydrogen) atoms. The second-order valence-corrected chi connectivity index (χ2v) is 8.88. The van der Waals surface area contributed by atoms with E-state index in [4.69, 9.17) is 4.74 Å². The van der Waals surface area contributed by atoms with E-state index in [-0.39, 0.29) is 23.2 Å². The number of carbonyl (C=O) groups excluding carboxylic acids is 1. The molecule has 0 saturated carbocycles. The number of rotatable bonds is 5. The minimum Gasteiger partial charge on any atom is -0.370 e. The molecule has 142 valence electrons. The first kappa shape index (κ1) is 18.5. The highest BCUT2D eigenvalue weighted by Gasteiger charge is 2.50. The second kappa shape index (κ2) is 6.95. The minimum atomic E-state index is -0.375. The van der Waals surface area contributed by atoms with Gasteiger partial charge >= 0.3 is 6.03 Å². The predicted molar refractivity (Wildman–Crippen MR) is 110 cm³/mol. The van der Waals surface area contributed by atoms with E-state index in [1.807, 2.05) is 35.2 Å². The number of amides is 2. The summed E-state index contributed by atoms with van der Waals surface area (Å²) in [5, 5.41) is 3.35. The molecule has 2 fully saturated rings. The van der Waals surface area contributed by atoms with Crippen molar-refractivity contribution in [3.63, 3.8) is 0 Å².